The fourth-order valence-electron chi connectivity index (χ4n) is 3.49. The first-order valence-corrected chi connectivity index (χ1v) is 6.80. The molecule has 1 aliphatic carbocycles. The summed E-state index contributed by atoms with van der Waals surface area (Å²) >= 11 is 0. The highest BCUT2D eigenvalue weighted by Crippen LogP contribution is 2.41. The predicted molar refractivity (Wildman–Crippen MR) is 68.9 cm³/mol. The Labute approximate surface area is 103 Å². The average Bonchev–Trinajstić information content (AvgIpc) is 2.39. The second-order valence-electron chi connectivity index (χ2n) is 5.55. The quantitative estimate of drug-likeness (QED) is 0.778. The zero-order valence-corrected chi connectivity index (χ0v) is 10.3. The lowest BCUT2D eigenvalue weighted by atomic mass is 9.71. The van der Waals surface area contributed by atoms with Gasteiger partial charge in [-0.2, -0.15) is 0 Å². The van der Waals surface area contributed by atoms with Crippen LogP contribution in [0.2, 0.25) is 0 Å². The largest absolute Gasteiger partial charge is 0.389 e. The Hall–Kier alpha value is -0.860. The molecule has 1 aromatic rings. The Morgan fingerprint density at radius 2 is 1.88 bits per heavy atom. The van der Waals surface area contributed by atoms with Crippen LogP contribution in [0.15, 0.2) is 24.3 Å². The standard InChI is InChI=1S/C15H21NO/c17-15(8-4-1-5-9-15)14-11-16-10-12-6-2-3-7-13(12)14/h2-3,6-7,14,16-17H,1,4-5,8-11H2. The van der Waals surface area contributed by atoms with Crippen LogP contribution in [0.4, 0.5) is 0 Å². The highest BCUT2D eigenvalue weighted by atomic mass is 16.3. The summed E-state index contributed by atoms with van der Waals surface area (Å²) in [6, 6.07) is 8.57. The maximum absolute atomic E-state index is 10.9. The van der Waals surface area contributed by atoms with E-state index in [1.54, 1.807) is 0 Å². The third-order valence-electron chi connectivity index (χ3n) is 4.46. The van der Waals surface area contributed by atoms with Crippen molar-refractivity contribution in [2.75, 3.05) is 6.54 Å². The van der Waals surface area contributed by atoms with E-state index >= 15 is 0 Å². The molecule has 1 heterocycles. The molecular weight excluding hydrogens is 210 g/mol. The number of rotatable bonds is 1. The second-order valence-corrected chi connectivity index (χ2v) is 5.55. The minimum Gasteiger partial charge on any atom is -0.389 e. The van der Waals surface area contributed by atoms with Crippen LogP contribution in [-0.2, 0) is 6.54 Å². The van der Waals surface area contributed by atoms with Crippen molar-refractivity contribution in [3.8, 4) is 0 Å². The zero-order chi connectivity index (χ0) is 11.7. The van der Waals surface area contributed by atoms with Crippen LogP contribution < -0.4 is 5.32 Å². The molecule has 17 heavy (non-hydrogen) atoms. The summed E-state index contributed by atoms with van der Waals surface area (Å²) in [5, 5.41) is 14.4. The van der Waals surface area contributed by atoms with Gasteiger partial charge in [0.25, 0.3) is 0 Å². The molecule has 2 nitrogen and oxygen atoms in total. The lowest BCUT2D eigenvalue weighted by molar-refractivity contribution is -0.0234. The summed E-state index contributed by atoms with van der Waals surface area (Å²) in [5.74, 6) is 0.285. The lowest BCUT2D eigenvalue weighted by Gasteiger charge is -2.42. The molecule has 0 aromatic heterocycles. The number of hydrogen-bond donors (Lipinski definition) is 2. The van der Waals surface area contributed by atoms with Crippen LogP contribution in [-0.4, -0.2) is 17.3 Å². The van der Waals surface area contributed by atoms with Gasteiger partial charge < -0.3 is 10.4 Å². The summed E-state index contributed by atoms with van der Waals surface area (Å²) in [6.45, 7) is 1.87. The molecule has 2 N–H and O–H groups in total. The Balaban J connectivity index is 1.94. The average molecular weight is 231 g/mol. The third-order valence-corrected chi connectivity index (χ3v) is 4.46. The number of hydrogen-bond acceptors (Lipinski definition) is 2. The molecule has 1 aliphatic heterocycles. The van der Waals surface area contributed by atoms with E-state index in [-0.39, 0.29) is 5.92 Å². The summed E-state index contributed by atoms with van der Waals surface area (Å²) in [6.07, 6.45) is 5.57. The number of fused-ring (bicyclic) bond motifs is 1. The van der Waals surface area contributed by atoms with Crippen molar-refractivity contribution >= 4 is 0 Å². The van der Waals surface area contributed by atoms with Gasteiger partial charge in [-0.15, -0.1) is 0 Å². The molecule has 0 radical (unpaired) electrons. The molecule has 3 rings (SSSR count). The fraction of sp³-hybridized carbons (Fsp3) is 0.600. The van der Waals surface area contributed by atoms with Crippen LogP contribution in [0, 0.1) is 0 Å². The lowest BCUT2D eigenvalue weighted by Crippen LogP contribution is -2.45. The molecule has 1 unspecified atom stereocenters. The second kappa shape index (κ2) is 4.43. The molecule has 1 fully saturated rings. The first kappa shape index (κ1) is 11.2. The van der Waals surface area contributed by atoms with Crippen molar-refractivity contribution in [1.82, 2.24) is 5.32 Å². The van der Waals surface area contributed by atoms with Crippen molar-refractivity contribution in [1.29, 1.82) is 0 Å². The molecule has 2 aliphatic rings. The van der Waals surface area contributed by atoms with Crippen molar-refractivity contribution in [2.24, 2.45) is 0 Å². The van der Waals surface area contributed by atoms with Gasteiger partial charge in [-0.25, -0.2) is 0 Å². The van der Waals surface area contributed by atoms with Gasteiger partial charge in [-0.1, -0.05) is 43.5 Å². The van der Waals surface area contributed by atoms with Gasteiger partial charge in [0.2, 0.25) is 0 Å². The molecule has 92 valence electrons. The third kappa shape index (κ3) is 2.00. The molecule has 0 saturated heterocycles. The topological polar surface area (TPSA) is 32.3 Å². The predicted octanol–water partition coefficient (Wildman–Crippen LogP) is 2.57. The molecular formula is C15H21NO. The van der Waals surface area contributed by atoms with Gasteiger partial charge in [0.05, 0.1) is 5.60 Å². The van der Waals surface area contributed by atoms with E-state index < -0.39 is 5.60 Å². The normalized spacial score (nSPS) is 27.5. The molecule has 1 atom stereocenters. The minimum absolute atomic E-state index is 0.285. The van der Waals surface area contributed by atoms with E-state index in [9.17, 15) is 5.11 Å². The molecule has 2 heteroatoms. The Morgan fingerprint density at radius 3 is 2.71 bits per heavy atom. The zero-order valence-electron chi connectivity index (χ0n) is 10.3. The van der Waals surface area contributed by atoms with Crippen molar-refractivity contribution < 1.29 is 5.11 Å². The maximum atomic E-state index is 10.9. The van der Waals surface area contributed by atoms with Gasteiger partial charge in [0, 0.05) is 19.0 Å². The SMILES string of the molecule is OC1(C2CNCc3ccccc32)CCCCC1. The van der Waals surface area contributed by atoms with Gasteiger partial charge in [0.1, 0.15) is 0 Å². The van der Waals surface area contributed by atoms with Crippen LogP contribution in [0.25, 0.3) is 0 Å². The Morgan fingerprint density at radius 1 is 1.12 bits per heavy atom. The first-order valence-electron chi connectivity index (χ1n) is 6.80. The van der Waals surface area contributed by atoms with Crippen LogP contribution in [0.1, 0.15) is 49.1 Å². The Bertz CT molecular complexity index is 396. The van der Waals surface area contributed by atoms with E-state index in [1.165, 1.54) is 30.4 Å². The fourth-order valence-corrected chi connectivity index (χ4v) is 3.49. The summed E-state index contributed by atoms with van der Waals surface area (Å²) in [4.78, 5) is 0. The minimum atomic E-state index is -0.470. The molecule has 0 spiro atoms. The van der Waals surface area contributed by atoms with Crippen LogP contribution in [0.5, 0.6) is 0 Å². The van der Waals surface area contributed by atoms with Crippen LogP contribution >= 0.6 is 0 Å². The van der Waals surface area contributed by atoms with Crippen molar-refractivity contribution in [2.45, 2.75) is 50.2 Å². The molecule has 1 saturated carbocycles. The summed E-state index contributed by atoms with van der Waals surface area (Å²) < 4.78 is 0. The number of nitrogens with one attached hydrogen (secondary N) is 1. The van der Waals surface area contributed by atoms with Crippen molar-refractivity contribution in [3.63, 3.8) is 0 Å². The van der Waals surface area contributed by atoms with Gasteiger partial charge in [-0.3, -0.25) is 0 Å². The summed E-state index contributed by atoms with van der Waals surface area (Å²) in [5.41, 5.74) is 2.26. The number of aliphatic hydroxyl groups is 1. The van der Waals surface area contributed by atoms with E-state index in [0.29, 0.717) is 0 Å². The maximum Gasteiger partial charge on any atom is 0.0728 e. The van der Waals surface area contributed by atoms with Gasteiger partial charge in [0.15, 0.2) is 0 Å². The van der Waals surface area contributed by atoms with E-state index in [0.717, 1.165) is 25.9 Å². The molecule has 0 bridgehead atoms. The number of benzene rings is 1. The van der Waals surface area contributed by atoms with Gasteiger partial charge in [-0.05, 0) is 24.0 Å². The van der Waals surface area contributed by atoms with Crippen molar-refractivity contribution in [3.05, 3.63) is 35.4 Å². The highest BCUT2D eigenvalue weighted by molar-refractivity contribution is 5.35. The smallest absolute Gasteiger partial charge is 0.0728 e. The van der Waals surface area contributed by atoms with E-state index in [2.05, 4.69) is 29.6 Å². The van der Waals surface area contributed by atoms with Crippen LogP contribution in [0.3, 0.4) is 0 Å². The van der Waals surface area contributed by atoms with E-state index in [4.69, 9.17) is 0 Å². The van der Waals surface area contributed by atoms with E-state index in [1.807, 2.05) is 0 Å². The van der Waals surface area contributed by atoms with Gasteiger partial charge >= 0.3 is 0 Å². The summed E-state index contributed by atoms with van der Waals surface area (Å²) in [7, 11) is 0. The first-order chi connectivity index (χ1) is 8.30. The molecule has 1 aromatic carbocycles. The highest BCUT2D eigenvalue weighted by Gasteiger charge is 2.40. The Kier molecular flexibility index (Phi) is 2.93. The monoisotopic (exact) mass is 231 g/mol. The molecule has 0 amide bonds.